The van der Waals surface area contributed by atoms with E-state index in [4.69, 9.17) is 9.72 Å². The third-order valence-corrected chi connectivity index (χ3v) is 9.96. The van der Waals surface area contributed by atoms with E-state index in [1.807, 2.05) is 0 Å². The van der Waals surface area contributed by atoms with Gasteiger partial charge in [-0.25, -0.2) is 22.2 Å². The van der Waals surface area contributed by atoms with Gasteiger partial charge >= 0.3 is 0 Å². The molecule has 2 aliphatic heterocycles. The first-order chi connectivity index (χ1) is 18.9. The zero-order valence-corrected chi connectivity index (χ0v) is 22.5. The van der Waals surface area contributed by atoms with Gasteiger partial charge in [0.15, 0.2) is 5.82 Å². The van der Waals surface area contributed by atoms with Crippen molar-refractivity contribution in [2.75, 3.05) is 55.4 Å². The standard InChI is InChI=1S/C26H33F2N7O3S/c27-24(28)25-30-20-4-1-2-5-21(20)35(25)23-16-22(33-11-13-38-14-12-33)31-26(32-23)29-17-18-6-8-19(9-7-18)34-10-3-15-39(34,36)37/h1-2,4-5,16,18-19,24H,3,6-15,17H2,(H,29,31,32). The SMILES string of the molecule is O=S1(=O)CCCN1C1CCC(CNc2nc(N3CCOCC3)cc(-n3c(C(F)F)nc4ccccc43)n2)CC1. The van der Waals surface area contributed by atoms with Crippen LogP contribution in [0.5, 0.6) is 0 Å². The molecular formula is C26H33F2N7O3S. The number of para-hydroxylation sites is 2. The summed E-state index contributed by atoms with van der Waals surface area (Å²) < 4.78 is 61.4. The molecule has 3 aliphatic rings. The van der Waals surface area contributed by atoms with Crippen LogP contribution in [-0.2, 0) is 14.8 Å². The molecule has 210 valence electrons. The largest absolute Gasteiger partial charge is 0.378 e. The maximum Gasteiger partial charge on any atom is 0.296 e. The van der Waals surface area contributed by atoms with Crippen LogP contribution in [0.2, 0.25) is 0 Å². The number of fused-ring (bicyclic) bond motifs is 1. The van der Waals surface area contributed by atoms with Crippen molar-refractivity contribution in [3.8, 4) is 5.82 Å². The summed E-state index contributed by atoms with van der Waals surface area (Å²) in [6, 6.07) is 8.86. The second-order valence-electron chi connectivity index (χ2n) is 10.4. The van der Waals surface area contributed by atoms with Gasteiger partial charge in [-0.3, -0.25) is 4.57 Å². The Balaban J connectivity index is 1.24. The number of imidazole rings is 1. The van der Waals surface area contributed by atoms with E-state index in [1.165, 1.54) is 4.57 Å². The predicted molar refractivity (Wildman–Crippen MR) is 144 cm³/mol. The van der Waals surface area contributed by atoms with E-state index >= 15 is 0 Å². The summed E-state index contributed by atoms with van der Waals surface area (Å²) in [6.07, 6.45) is 1.42. The first-order valence-corrected chi connectivity index (χ1v) is 15.2. The first-order valence-electron chi connectivity index (χ1n) is 13.6. The van der Waals surface area contributed by atoms with E-state index in [-0.39, 0.29) is 17.6 Å². The van der Waals surface area contributed by atoms with Gasteiger partial charge in [0.1, 0.15) is 11.6 Å². The molecular weight excluding hydrogens is 528 g/mol. The fourth-order valence-corrected chi connectivity index (χ4v) is 7.74. The van der Waals surface area contributed by atoms with Crippen molar-refractivity contribution in [2.45, 2.75) is 44.6 Å². The summed E-state index contributed by atoms with van der Waals surface area (Å²) >= 11 is 0. The molecule has 0 radical (unpaired) electrons. The molecule has 3 aromatic rings. The van der Waals surface area contributed by atoms with Gasteiger partial charge in [0, 0.05) is 38.3 Å². The molecule has 2 aromatic heterocycles. The quantitative estimate of drug-likeness (QED) is 0.467. The highest BCUT2D eigenvalue weighted by Gasteiger charge is 2.36. The normalized spacial score (nSPS) is 24.0. The van der Waals surface area contributed by atoms with Crippen molar-refractivity contribution in [2.24, 2.45) is 5.92 Å². The Hall–Kier alpha value is -2.90. The number of anilines is 2. The summed E-state index contributed by atoms with van der Waals surface area (Å²) in [5.41, 5.74) is 1.03. The van der Waals surface area contributed by atoms with E-state index in [1.54, 1.807) is 34.6 Å². The molecule has 1 aliphatic carbocycles. The maximum absolute atomic E-state index is 14.1. The topological polar surface area (TPSA) is 105 Å². The molecule has 0 bridgehead atoms. The van der Waals surface area contributed by atoms with Crippen LogP contribution in [0.3, 0.4) is 0 Å². The minimum absolute atomic E-state index is 0.0866. The Morgan fingerprint density at radius 3 is 2.46 bits per heavy atom. The molecule has 1 aromatic carbocycles. The Morgan fingerprint density at radius 1 is 1.00 bits per heavy atom. The van der Waals surface area contributed by atoms with Gasteiger partial charge in [-0.15, -0.1) is 0 Å². The Morgan fingerprint density at radius 2 is 1.74 bits per heavy atom. The van der Waals surface area contributed by atoms with Gasteiger partial charge in [0.05, 0.1) is 30.0 Å². The number of nitrogens with one attached hydrogen (secondary N) is 1. The van der Waals surface area contributed by atoms with E-state index in [0.717, 1.165) is 25.7 Å². The summed E-state index contributed by atoms with van der Waals surface area (Å²) in [5.74, 6) is 1.59. The number of halogens is 2. The Bertz CT molecular complexity index is 1420. The fourth-order valence-electron chi connectivity index (χ4n) is 5.94. The van der Waals surface area contributed by atoms with Crippen molar-refractivity contribution in [1.82, 2.24) is 23.8 Å². The van der Waals surface area contributed by atoms with E-state index in [2.05, 4.69) is 20.2 Å². The van der Waals surface area contributed by atoms with Crippen LogP contribution < -0.4 is 10.2 Å². The third kappa shape index (κ3) is 5.44. The van der Waals surface area contributed by atoms with E-state index < -0.39 is 16.4 Å². The Kier molecular flexibility index (Phi) is 7.38. The second-order valence-corrected chi connectivity index (χ2v) is 12.5. The highest BCUT2D eigenvalue weighted by molar-refractivity contribution is 7.89. The molecule has 4 heterocycles. The van der Waals surface area contributed by atoms with Crippen molar-refractivity contribution in [1.29, 1.82) is 0 Å². The molecule has 2 saturated heterocycles. The average Bonchev–Trinajstić information content (AvgIpc) is 3.52. The highest BCUT2D eigenvalue weighted by atomic mass is 32.2. The molecule has 13 heteroatoms. The number of aromatic nitrogens is 4. The lowest BCUT2D eigenvalue weighted by molar-refractivity contribution is 0.122. The third-order valence-electron chi connectivity index (χ3n) is 7.96. The number of hydrogen-bond donors (Lipinski definition) is 1. The predicted octanol–water partition coefficient (Wildman–Crippen LogP) is 3.60. The minimum atomic E-state index is -3.10. The second kappa shape index (κ2) is 10.9. The lowest BCUT2D eigenvalue weighted by atomic mass is 9.86. The zero-order valence-electron chi connectivity index (χ0n) is 21.7. The fraction of sp³-hybridized carbons (Fsp3) is 0.577. The van der Waals surface area contributed by atoms with Crippen LogP contribution >= 0.6 is 0 Å². The molecule has 10 nitrogen and oxygen atoms in total. The van der Waals surface area contributed by atoms with Crippen molar-refractivity contribution >= 4 is 32.8 Å². The van der Waals surface area contributed by atoms with Crippen LogP contribution in [0.15, 0.2) is 30.3 Å². The molecule has 1 N–H and O–H groups in total. The van der Waals surface area contributed by atoms with E-state index in [0.29, 0.717) is 80.3 Å². The van der Waals surface area contributed by atoms with Crippen molar-refractivity contribution in [3.63, 3.8) is 0 Å². The zero-order chi connectivity index (χ0) is 27.0. The maximum atomic E-state index is 14.1. The van der Waals surface area contributed by atoms with Crippen LogP contribution in [-0.4, -0.2) is 83.4 Å². The van der Waals surface area contributed by atoms with Gasteiger partial charge in [-0.05, 0) is 50.2 Å². The summed E-state index contributed by atoms with van der Waals surface area (Å²) in [7, 11) is -3.10. The number of benzene rings is 1. The number of morpholine rings is 1. The lowest BCUT2D eigenvalue weighted by Gasteiger charge is -2.33. The van der Waals surface area contributed by atoms with Gasteiger partial charge in [-0.1, -0.05) is 12.1 Å². The molecule has 6 rings (SSSR count). The van der Waals surface area contributed by atoms with Crippen LogP contribution in [0.4, 0.5) is 20.5 Å². The number of sulfonamides is 1. The van der Waals surface area contributed by atoms with E-state index in [9.17, 15) is 17.2 Å². The van der Waals surface area contributed by atoms with Crippen molar-refractivity contribution < 1.29 is 21.9 Å². The lowest BCUT2D eigenvalue weighted by Crippen LogP contribution is -2.40. The van der Waals surface area contributed by atoms with Gasteiger partial charge in [0.25, 0.3) is 6.43 Å². The summed E-state index contributed by atoms with van der Waals surface area (Å²) in [4.78, 5) is 15.7. The molecule has 0 amide bonds. The number of alkyl halides is 2. The monoisotopic (exact) mass is 561 g/mol. The smallest absolute Gasteiger partial charge is 0.296 e. The number of rotatable bonds is 7. The minimum Gasteiger partial charge on any atom is -0.378 e. The van der Waals surface area contributed by atoms with Gasteiger partial charge in [-0.2, -0.15) is 14.3 Å². The summed E-state index contributed by atoms with van der Waals surface area (Å²) in [6.45, 7) is 3.67. The van der Waals surface area contributed by atoms with Crippen LogP contribution in [0.1, 0.15) is 44.4 Å². The highest BCUT2D eigenvalue weighted by Crippen LogP contribution is 2.32. The summed E-state index contributed by atoms with van der Waals surface area (Å²) in [5, 5.41) is 3.36. The number of ether oxygens (including phenoxy) is 1. The van der Waals surface area contributed by atoms with Crippen molar-refractivity contribution in [3.05, 3.63) is 36.2 Å². The molecule has 1 saturated carbocycles. The number of nitrogens with zero attached hydrogens (tertiary/aromatic N) is 6. The first kappa shape index (κ1) is 26.3. The van der Waals surface area contributed by atoms with Gasteiger partial charge < -0.3 is 15.0 Å². The molecule has 3 fully saturated rings. The molecule has 0 atom stereocenters. The Labute approximate surface area is 226 Å². The average molecular weight is 562 g/mol. The van der Waals surface area contributed by atoms with Gasteiger partial charge in [0.2, 0.25) is 16.0 Å². The molecule has 0 unspecified atom stereocenters. The molecule has 0 spiro atoms. The molecule has 39 heavy (non-hydrogen) atoms. The van der Waals surface area contributed by atoms with Crippen LogP contribution in [0, 0.1) is 5.92 Å². The number of hydrogen-bond acceptors (Lipinski definition) is 8. The van der Waals surface area contributed by atoms with Crippen LogP contribution in [0.25, 0.3) is 16.9 Å².